The van der Waals surface area contributed by atoms with Gasteiger partial charge in [-0.3, -0.25) is 14.5 Å². The molecule has 2 heterocycles. The summed E-state index contributed by atoms with van der Waals surface area (Å²) in [6.45, 7) is 4.05. The van der Waals surface area contributed by atoms with Crippen LogP contribution < -0.4 is 20.7 Å². The van der Waals surface area contributed by atoms with Gasteiger partial charge in [0.25, 0.3) is 0 Å². The van der Waals surface area contributed by atoms with Crippen molar-refractivity contribution in [1.29, 1.82) is 5.26 Å². The lowest BCUT2D eigenvalue weighted by atomic mass is 9.69. The molecule has 216 valence electrons. The molecule has 1 aliphatic carbocycles. The minimum Gasteiger partial charge on any atom is -0.495 e. The van der Waals surface area contributed by atoms with Crippen molar-refractivity contribution in [1.82, 2.24) is 10.2 Å². The van der Waals surface area contributed by atoms with Gasteiger partial charge in [0, 0.05) is 27.7 Å². The van der Waals surface area contributed by atoms with Crippen molar-refractivity contribution in [2.24, 2.45) is 11.1 Å². The van der Waals surface area contributed by atoms with E-state index < -0.39 is 5.92 Å². The molecule has 0 saturated heterocycles. The lowest BCUT2D eigenvalue weighted by Gasteiger charge is -2.42. The first-order chi connectivity index (χ1) is 20.0. The Morgan fingerprint density at radius 2 is 2.00 bits per heavy atom. The highest BCUT2D eigenvalue weighted by Crippen LogP contribution is 2.51. The van der Waals surface area contributed by atoms with Gasteiger partial charge >= 0.3 is 0 Å². The Labute approximate surface area is 261 Å². The smallest absolute Gasteiger partial charge is 0.234 e. The standard InChI is InChI=1S/C29H26Cl2N6O3S2/c1-29(2)11-20-25(21(38)12-29)24(15-5-4-6-16(30)9-15)18(13-32)26(33)37(20)27-35-36-28(42-27)41-14-23(39)34-19-10-17(31)7-8-22(19)40-3/h4-10,24H,11-12,14,33H2,1-3H3,(H,34,39). The van der Waals surface area contributed by atoms with E-state index in [2.05, 4.69) is 21.6 Å². The Bertz CT molecular complexity index is 1690. The molecule has 1 unspecified atom stereocenters. The summed E-state index contributed by atoms with van der Waals surface area (Å²) in [5.41, 5.74) is 8.97. The van der Waals surface area contributed by atoms with E-state index in [0.717, 1.165) is 5.56 Å². The lowest BCUT2D eigenvalue weighted by molar-refractivity contribution is -0.118. The van der Waals surface area contributed by atoms with E-state index >= 15 is 0 Å². The van der Waals surface area contributed by atoms with E-state index in [0.29, 0.717) is 55.1 Å². The third-order valence-electron chi connectivity index (χ3n) is 6.91. The SMILES string of the molecule is COc1ccc(Cl)cc1NC(=O)CSc1nnc(N2C(N)=C(C#N)C(c3cccc(Cl)c3)C3=C2CC(C)(C)CC3=O)s1. The summed E-state index contributed by atoms with van der Waals surface area (Å²) in [5.74, 6) is -0.251. The molecule has 5 rings (SSSR count). The van der Waals surface area contributed by atoms with Gasteiger partial charge in [-0.25, -0.2) is 0 Å². The van der Waals surface area contributed by atoms with Crippen molar-refractivity contribution in [2.45, 2.75) is 36.9 Å². The average Bonchev–Trinajstić information content (AvgIpc) is 3.39. The lowest BCUT2D eigenvalue weighted by Crippen LogP contribution is -2.42. The molecule has 1 atom stereocenters. The van der Waals surface area contributed by atoms with Crippen LogP contribution in [0.25, 0.3) is 0 Å². The summed E-state index contributed by atoms with van der Waals surface area (Å²) in [5, 5.41) is 23.0. The van der Waals surface area contributed by atoms with E-state index in [1.807, 2.05) is 19.9 Å². The second-order valence-electron chi connectivity index (χ2n) is 10.6. The minimum absolute atomic E-state index is 0.0510. The van der Waals surface area contributed by atoms with Crippen molar-refractivity contribution in [2.75, 3.05) is 23.1 Å². The van der Waals surface area contributed by atoms with Crippen molar-refractivity contribution >= 4 is 68.8 Å². The molecule has 3 N–H and O–H groups in total. The van der Waals surface area contributed by atoms with Gasteiger partial charge in [-0.2, -0.15) is 5.26 Å². The number of hydrogen-bond donors (Lipinski definition) is 2. The number of methoxy groups -OCH3 is 1. The summed E-state index contributed by atoms with van der Waals surface area (Å²) >= 11 is 14.8. The number of allylic oxidation sites excluding steroid dienone is 3. The maximum absolute atomic E-state index is 13.7. The number of rotatable bonds is 7. The third kappa shape index (κ3) is 5.99. The Kier molecular flexibility index (Phi) is 8.53. The first-order valence-electron chi connectivity index (χ1n) is 12.8. The topological polar surface area (TPSA) is 134 Å². The minimum atomic E-state index is -0.641. The van der Waals surface area contributed by atoms with Gasteiger partial charge in [0.1, 0.15) is 11.6 Å². The van der Waals surface area contributed by atoms with Crippen LogP contribution in [0.2, 0.25) is 10.0 Å². The number of benzene rings is 2. The zero-order valence-electron chi connectivity index (χ0n) is 22.9. The molecule has 1 amide bonds. The highest BCUT2D eigenvalue weighted by Gasteiger charge is 2.45. The summed E-state index contributed by atoms with van der Waals surface area (Å²) < 4.78 is 5.81. The molecule has 0 bridgehead atoms. The van der Waals surface area contributed by atoms with Crippen LogP contribution in [0.15, 0.2) is 69.5 Å². The van der Waals surface area contributed by atoms with Crippen molar-refractivity contribution < 1.29 is 14.3 Å². The zero-order chi connectivity index (χ0) is 30.2. The molecule has 1 aliphatic heterocycles. The van der Waals surface area contributed by atoms with Crippen LogP contribution in [0, 0.1) is 16.7 Å². The number of aromatic nitrogens is 2. The molecule has 0 saturated carbocycles. The van der Waals surface area contributed by atoms with Gasteiger partial charge < -0.3 is 15.8 Å². The molecule has 13 heteroatoms. The van der Waals surface area contributed by atoms with Gasteiger partial charge in [0.15, 0.2) is 10.1 Å². The Balaban J connectivity index is 1.45. The quantitative estimate of drug-likeness (QED) is 0.276. The Morgan fingerprint density at radius 3 is 2.71 bits per heavy atom. The number of ether oxygens (including phenoxy) is 1. The van der Waals surface area contributed by atoms with Gasteiger partial charge in [-0.05, 0) is 47.7 Å². The molecule has 3 aromatic rings. The highest BCUT2D eigenvalue weighted by molar-refractivity contribution is 8.01. The third-order valence-corrected chi connectivity index (χ3v) is 9.42. The van der Waals surface area contributed by atoms with E-state index in [-0.39, 0.29) is 34.3 Å². The van der Waals surface area contributed by atoms with Crippen molar-refractivity contribution in [3.05, 3.63) is 80.7 Å². The molecule has 0 radical (unpaired) electrons. The van der Waals surface area contributed by atoms with Gasteiger partial charge in [0.2, 0.25) is 11.0 Å². The van der Waals surface area contributed by atoms with Crippen molar-refractivity contribution in [3.63, 3.8) is 0 Å². The monoisotopic (exact) mass is 640 g/mol. The second-order valence-corrected chi connectivity index (χ2v) is 13.6. The number of hydrogen-bond acceptors (Lipinski definition) is 10. The van der Waals surface area contributed by atoms with Crippen LogP contribution >= 0.6 is 46.3 Å². The van der Waals surface area contributed by atoms with E-state index in [1.165, 1.54) is 30.2 Å². The number of halogens is 2. The molecule has 1 aromatic heterocycles. The van der Waals surface area contributed by atoms with Crippen LogP contribution in [0.4, 0.5) is 10.8 Å². The number of anilines is 2. The molecular weight excluding hydrogens is 615 g/mol. The van der Waals surface area contributed by atoms with Crippen LogP contribution in [0.5, 0.6) is 5.75 Å². The molecule has 2 aromatic carbocycles. The number of nitriles is 1. The van der Waals surface area contributed by atoms with E-state index in [4.69, 9.17) is 33.7 Å². The number of thioether (sulfide) groups is 1. The van der Waals surface area contributed by atoms with Gasteiger partial charge in [-0.15, -0.1) is 10.2 Å². The number of Topliss-reactive ketones (excluding diaryl/α,β-unsaturated/α-hetero) is 1. The highest BCUT2D eigenvalue weighted by atomic mass is 35.5. The summed E-state index contributed by atoms with van der Waals surface area (Å²) in [6.07, 6.45) is 0.871. The average molecular weight is 642 g/mol. The molecular formula is C29H26Cl2N6O3S2. The van der Waals surface area contributed by atoms with Crippen molar-refractivity contribution in [3.8, 4) is 11.8 Å². The summed E-state index contributed by atoms with van der Waals surface area (Å²) in [4.78, 5) is 28.0. The molecule has 0 fully saturated rings. The van der Waals surface area contributed by atoms with Crippen LogP contribution in [0.1, 0.15) is 38.2 Å². The molecule has 42 heavy (non-hydrogen) atoms. The molecule has 0 spiro atoms. The maximum atomic E-state index is 13.7. The Hall–Kier alpha value is -3.56. The fourth-order valence-electron chi connectivity index (χ4n) is 5.19. The van der Waals surface area contributed by atoms with Gasteiger partial charge in [0.05, 0.1) is 36.1 Å². The maximum Gasteiger partial charge on any atom is 0.234 e. The molecule has 9 nitrogen and oxygen atoms in total. The predicted octanol–water partition coefficient (Wildman–Crippen LogP) is 6.53. The van der Waals surface area contributed by atoms with Gasteiger partial charge in [-0.1, -0.05) is 72.3 Å². The van der Waals surface area contributed by atoms with Crippen LogP contribution in [0.3, 0.4) is 0 Å². The largest absolute Gasteiger partial charge is 0.495 e. The Morgan fingerprint density at radius 1 is 1.24 bits per heavy atom. The number of carbonyl (C=O) groups is 2. The number of nitrogens with one attached hydrogen (secondary N) is 1. The van der Waals surface area contributed by atoms with Crippen LogP contribution in [-0.4, -0.2) is 34.8 Å². The first-order valence-corrected chi connectivity index (χ1v) is 15.4. The number of nitrogens with two attached hydrogens (primary N) is 1. The fourth-order valence-corrected chi connectivity index (χ4v) is 7.24. The predicted molar refractivity (Wildman–Crippen MR) is 166 cm³/mol. The normalized spacial score (nSPS) is 18.0. The summed E-state index contributed by atoms with van der Waals surface area (Å²) in [6, 6.07) is 14.3. The van der Waals surface area contributed by atoms with Crippen LogP contribution in [-0.2, 0) is 9.59 Å². The number of ketones is 1. The fraction of sp³-hybridized carbons (Fsp3) is 0.276. The number of carbonyl (C=O) groups excluding carboxylic acids is 2. The number of amides is 1. The molecule has 2 aliphatic rings. The van der Waals surface area contributed by atoms with E-state index in [9.17, 15) is 14.9 Å². The summed E-state index contributed by atoms with van der Waals surface area (Å²) in [7, 11) is 1.51. The second kappa shape index (κ2) is 12.0. The number of nitrogens with zero attached hydrogens (tertiary/aromatic N) is 4. The first kappa shape index (κ1) is 29.9. The van der Waals surface area contributed by atoms with E-state index in [1.54, 1.807) is 41.3 Å². The zero-order valence-corrected chi connectivity index (χ0v) is 26.0.